The molecule has 0 aromatic heterocycles. The van der Waals surface area contributed by atoms with Gasteiger partial charge in [-0.15, -0.1) is 0 Å². The minimum atomic E-state index is 0.295. The van der Waals surface area contributed by atoms with Gasteiger partial charge in [-0.25, -0.2) is 0 Å². The maximum absolute atomic E-state index is 9.09. The normalized spacial score (nSPS) is 12.8. The molecule has 0 aliphatic rings. The molecule has 72 valence electrons. The monoisotopic (exact) mass is 180 g/mol. The Morgan fingerprint density at radius 2 is 2.00 bits per heavy atom. The lowest BCUT2D eigenvalue weighted by Crippen LogP contribution is -2.23. The molecule has 13 heavy (non-hydrogen) atoms. The highest BCUT2D eigenvalue weighted by molar-refractivity contribution is 5.28. The van der Waals surface area contributed by atoms with Crippen LogP contribution in [0.1, 0.15) is 11.5 Å². The summed E-state index contributed by atoms with van der Waals surface area (Å²) >= 11 is 0. The van der Waals surface area contributed by atoms with Gasteiger partial charge >= 0.3 is 0 Å². The first kappa shape index (κ1) is 10.0. The van der Waals surface area contributed by atoms with E-state index in [4.69, 9.17) is 10.8 Å². The standard InChI is InChI=1S/C10H16N2O/c1-12-7-9(6-11)8-2-4-10(13)5-3-8/h2-5,9,12-13H,6-7,11H2,1H3. The fourth-order valence-corrected chi connectivity index (χ4v) is 1.33. The largest absolute Gasteiger partial charge is 0.508 e. The van der Waals surface area contributed by atoms with Gasteiger partial charge in [-0.05, 0) is 24.7 Å². The van der Waals surface area contributed by atoms with Crippen LogP contribution >= 0.6 is 0 Å². The minimum Gasteiger partial charge on any atom is -0.508 e. The Morgan fingerprint density at radius 1 is 1.38 bits per heavy atom. The van der Waals surface area contributed by atoms with E-state index in [2.05, 4.69) is 5.32 Å². The average Bonchev–Trinajstić information content (AvgIpc) is 2.16. The van der Waals surface area contributed by atoms with E-state index >= 15 is 0 Å². The van der Waals surface area contributed by atoms with Crippen LogP contribution in [0.5, 0.6) is 5.75 Å². The van der Waals surface area contributed by atoms with E-state index in [-0.39, 0.29) is 0 Å². The third-order valence-electron chi connectivity index (χ3n) is 2.10. The van der Waals surface area contributed by atoms with Crippen molar-refractivity contribution in [2.45, 2.75) is 5.92 Å². The zero-order valence-corrected chi connectivity index (χ0v) is 7.83. The van der Waals surface area contributed by atoms with Crippen LogP contribution in [0.25, 0.3) is 0 Å². The molecule has 4 N–H and O–H groups in total. The molecule has 0 aliphatic heterocycles. The van der Waals surface area contributed by atoms with E-state index in [0.717, 1.165) is 12.1 Å². The highest BCUT2D eigenvalue weighted by Gasteiger charge is 2.07. The van der Waals surface area contributed by atoms with Crippen molar-refractivity contribution in [3.8, 4) is 5.75 Å². The maximum Gasteiger partial charge on any atom is 0.115 e. The third kappa shape index (κ3) is 2.72. The van der Waals surface area contributed by atoms with Crippen LogP contribution in [-0.4, -0.2) is 25.2 Å². The SMILES string of the molecule is CNCC(CN)c1ccc(O)cc1. The predicted molar refractivity (Wildman–Crippen MR) is 53.8 cm³/mol. The number of hydrogen-bond donors (Lipinski definition) is 3. The first-order chi connectivity index (χ1) is 6.27. The van der Waals surface area contributed by atoms with Crippen molar-refractivity contribution < 1.29 is 5.11 Å². The molecule has 1 unspecified atom stereocenters. The molecule has 0 radical (unpaired) electrons. The Hall–Kier alpha value is -1.06. The lowest BCUT2D eigenvalue weighted by atomic mass is 9.99. The summed E-state index contributed by atoms with van der Waals surface area (Å²) in [5.41, 5.74) is 6.79. The smallest absolute Gasteiger partial charge is 0.115 e. The van der Waals surface area contributed by atoms with Crippen LogP contribution in [0.4, 0.5) is 0 Å². The molecule has 0 saturated heterocycles. The van der Waals surface area contributed by atoms with Crippen LogP contribution in [0.3, 0.4) is 0 Å². The quantitative estimate of drug-likeness (QED) is 0.637. The topological polar surface area (TPSA) is 58.3 Å². The molecule has 0 aliphatic carbocycles. The summed E-state index contributed by atoms with van der Waals surface area (Å²) in [5, 5.41) is 12.2. The molecule has 3 heteroatoms. The van der Waals surface area contributed by atoms with Gasteiger partial charge in [-0.3, -0.25) is 0 Å². The summed E-state index contributed by atoms with van der Waals surface area (Å²) in [6.07, 6.45) is 0. The first-order valence-corrected chi connectivity index (χ1v) is 4.41. The molecular formula is C10H16N2O. The molecular weight excluding hydrogens is 164 g/mol. The van der Waals surface area contributed by atoms with Crippen LogP contribution in [-0.2, 0) is 0 Å². The molecule has 0 heterocycles. The zero-order chi connectivity index (χ0) is 9.68. The highest BCUT2D eigenvalue weighted by atomic mass is 16.3. The van der Waals surface area contributed by atoms with Crippen molar-refractivity contribution >= 4 is 0 Å². The molecule has 0 saturated carbocycles. The number of nitrogens with two attached hydrogens (primary N) is 1. The lowest BCUT2D eigenvalue weighted by Gasteiger charge is -2.14. The van der Waals surface area contributed by atoms with Gasteiger partial charge in [-0.2, -0.15) is 0 Å². The molecule has 1 rings (SSSR count). The van der Waals surface area contributed by atoms with E-state index in [9.17, 15) is 0 Å². The van der Waals surface area contributed by atoms with Crippen molar-refractivity contribution in [1.29, 1.82) is 0 Å². The molecule has 3 nitrogen and oxygen atoms in total. The van der Waals surface area contributed by atoms with Gasteiger partial charge in [0.1, 0.15) is 5.75 Å². The van der Waals surface area contributed by atoms with E-state index < -0.39 is 0 Å². The van der Waals surface area contributed by atoms with Gasteiger partial charge in [0.05, 0.1) is 0 Å². The zero-order valence-electron chi connectivity index (χ0n) is 7.83. The second kappa shape index (κ2) is 4.84. The van der Waals surface area contributed by atoms with Crippen molar-refractivity contribution in [3.05, 3.63) is 29.8 Å². The van der Waals surface area contributed by atoms with Crippen LogP contribution < -0.4 is 11.1 Å². The first-order valence-electron chi connectivity index (χ1n) is 4.41. The van der Waals surface area contributed by atoms with Gasteiger partial charge in [0, 0.05) is 19.0 Å². The number of likely N-dealkylation sites (N-methyl/N-ethyl adjacent to an activating group) is 1. The fraction of sp³-hybridized carbons (Fsp3) is 0.400. The number of rotatable bonds is 4. The van der Waals surface area contributed by atoms with Crippen molar-refractivity contribution in [3.63, 3.8) is 0 Å². The molecule has 1 aromatic carbocycles. The Morgan fingerprint density at radius 3 is 2.46 bits per heavy atom. The molecule has 0 fully saturated rings. The number of hydrogen-bond acceptors (Lipinski definition) is 3. The molecule has 1 aromatic rings. The highest BCUT2D eigenvalue weighted by Crippen LogP contribution is 2.17. The summed E-state index contributed by atoms with van der Waals surface area (Å²) in [6.45, 7) is 1.48. The summed E-state index contributed by atoms with van der Waals surface area (Å²) in [7, 11) is 1.91. The number of phenolic OH excluding ortho intramolecular Hbond substituents is 1. The summed E-state index contributed by atoms with van der Waals surface area (Å²) in [6, 6.07) is 7.19. The second-order valence-corrected chi connectivity index (χ2v) is 3.08. The minimum absolute atomic E-state index is 0.295. The average molecular weight is 180 g/mol. The van der Waals surface area contributed by atoms with Gasteiger partial charge in [0.2, 0.25) is 0 Å². The van der Waals surface area contributed by atoms with Crippen molar-refractivity contribution in [2.24, 2.45) is 5.73 Å². The van der Waals surface area contributed by atoms with Gasteiger partial charge in [-0.1, -0.05) is 12.1 Å². The summed E-state index contributed by atoms with van der Waals surface area (Å²) in [4.78, 5) is 0. The number of benzene rings is 1. The molecule has 0 bridgehead atoms. The van der Waals surface area contributed by atoms with Crippen LogP contribution in [0.2, 0.25) is 0 Å². The van der Waals surface area contributed by atoms with Gasteiger partial charge in [0.15, 0.2) is 0 Å². The van der Waals surface area contributed by atoms with Crippen LogP contribution in [0.15, 0.2) is 24.3 Å². The van der Waals surface area contributed by atoms with Gasteiger partial charge in [0.25, 0.3) is 0 Å². The van der Waals surface area contributed by atoms with Crippen molar-refractivity contribution in [2.75, 3.05) is 20.1 Å². The second-order valence-electron chi connectivity index (χ2n) is 3.08. The predicted octanol–water partition coefficient (Wildman–Crippen LogP) is 0.654. The number of aromatic hydroxyl groups is 1. The van der Waals surface area contributed by atoms with E-state index in [0.29, 0.717) is 18.2 Å². The van der Waals surface area contributed by atoms with Gasteiger partial charge < -0.3 is 16.2 Å². The van der Waals surface area contributed by atoms with Crippen molar-refractivity contribution in [1.82, 2.24) is 5.32 Å². The van der Waals surface area contributed by atoms with Crippen LogP contribution in [0, 0.1) is 0 Å². The Kier molecular flexibility index (Phi) is 3.73. The lowest BCUT2D eigenvalue weighted by molar-refractivity contribution is 0.474. The molecule has 1 atom stereocenters. The Bertz CT molecular complexity index is 246. The summed E-state index contributed by atoms with van der Waals surface area (Å²) < 4.78 is 0. The molecule has 0 amide bonds. The number of phenols is 1. The Balaban J connectivity index is 2.73. The Labute approximate surface area is 78.6 Å². The maximum atomic E-state index is 9.09. The van der Waals surface area contributed by atoms with E-state index in [1.807, 2.05) is 19.2 Å². The van der Waals surface area contributed by atoms with E-state index in [1.54, 1.807) is 12.1 Å². The number of nitrogens with one attached hydrogen (secondary N) is 1. The summed E-state index contributed by atoms with van der Waals surface area (Å²) in [5.74, 6) is 0.620. The third-order valence-corrected chi connectivity index (χ3v) is 2.10. The van der Waals surface area contributed by atoms with E-state index in [1.165, 1.54) is 0 Å². The molecule has 0 spiro atoms. The fourth-order valence-electron chi connectivity index (χ4n) is 1.33.